The maximum absolute atomic E-state index is 12.6. The van der Waals surface area contributed by atoms with Gasteiger partial charge in [0.25, 0.3) is 51.8 Å². The summed E-state index contributed by atoms with van der Waals surface area (Å²) in [4.78, 5) is 16.6. The quantitative estimate of drug-likeness (QED) is 0.0122. The second-order valence-corrected chi connectivity index (χ2v) is 21.5. The van der Waals surface area contributed by atoms with Crippen molar-refractivity contribution >= 4 is 130 Å². The van der Waals surface area contributed by atoms with Gasteiger partial charge in [-0.3, -0.25) is 38.4 Å². The zero-order valence-corrected chi connectivity index (χ0v) is 44.7. The summed E-state index contributed by atoms with van der Waals surface area (Å²) in [6.07, 6.45) is 0. The van der Waals surface area contributed by atoms with Crippen LogP contribution >= 0.6 is 0 Å². The van der Waals surface area contributed by atoms with Gasteiger partial charge in [-0.25, -0.2) is 0 Å². The predicted octanol–water partition coefficient (Wildman–Crippen LogP) is 7.70. The molecule has 0 fully saturated rings. The molecule has 10 N–H and O–H groups in total. The first kappa shape index (κ1) is 58.0. The number of nitrogens with zero attached hydrogens (tertiary/aromatic N) is 10. The molecule has 398 valence electrons. The maximum Gasteiger partial charge on any atom is 1.00 e. The number of hydrogen-bond donors (Lipinski definition) is 8. The van der Waals surface area contributed by atoms with Gasteiger partial charge in [0, 0.05) is 24.3 Å². The van der Waals surface area contributed by atoms with Crippen molar-refractivity contribution in [2.24, 2.45) is 40.9 Å². The standard InChI is InChI=1S/C44H30N12O18S4.Na/c45-37-35-23(17-31(75(63,64)65)39(37)51-47-27-9-13-29(14-10-27)55(59)60)19-33(77(69,70)71)41(43(35)57)53-49-25-5-1-21(2-6-25)22-3-7-26(8-4-22)50-54-42-34(78(72,73)74)20-24-18-32(76(66,67)68)40(38(46)36(24)44(42)58)52-48-28-11-15-30(16-12-28)56(61)62;/h1-20,57-58H,45-46H2,(H,63,64,65)(H,66,67,68)(H,69,70,71)(H,72,73,74);/q;+1. The van der Waals surface area contributed by atoms with E-state index in [4.69, 9.17) is 11.5 Å². The van der Waals surface area contributed by atoms with Crippen LogP contribution in [0.25, 0.3) is 32.7 Å². The van der Waals surface area contributed by atoms with Gasteiger partial charge in [-0.1, -0.05) is 24.3 Å². The summed E-state index contributed by atoms with van der Waals surface area (Å²) in [7, 11) is -20.9. The maximum atomic E-state index is 12.6. The average Bonchev–Trinajstić information content (AvgIpc) is 3.47. The van der Waals surface area contributed by atoms with E-state index < -0.39 is 137 Å². The molecule has 79 heavy (non-hydrogen) atoms. The molecular weight excluding hydrogens is 1140 g/mol. The zero-order valence-electron chi connectivity index (χ0n) is 39.4. The number of benzene rings is 8. The topological polar surface area (TPSA) is 495 Å². The summed E-state index contributed by atoms with van der Waals surface area (Å²) in [5, 5.41) is 73.9. The molecule has 0 unspecified atom stereocenters. The van der Waals surface area contributed by atoms with Gasteiger partial charge in [0.05, 0.1) is 54.7 Å². The van der Waals surface area contributed by atoms with Crippen molar-refractivity contribution in [3.05, 3.63) is 142 Å². The first-order chi connectivity index (χ1) is 36.5. The summed E-state index contributed by atoms with van der Waals surface area (Å²) < 4.78 is 140. The normalized spacial score (nSPS) is 12.6. The molecule has 0 spiro atoms. The van der Waals surface area contributed by atoms with Crippen LogP contribution < -0.4 is 41.0 Å². The first-order valence-corrected chi connectivity index (χ1v) is 26.8. The molecule has 8 aromatic carbocycles. The number of non-ortho nitro benzene ring substituents is 2. The Kier molecular flexibility index (Phi) is 16.1. The van der Waals surface area contributed by atoms with Crippen LogP contribution in [0.1, 0.15) is 0 Å². The van der Waals surface area contributed by atoms with Crippen molar-refractivity contribution in [1.82, 2.24) is 0 Å². The number of hydrogen-bond acceptors (Lipinski definition) is 24. The number of anilines is 2. The second-order valence-electron chi connectivity index (χ2n) is 16.0. The molecule has 0 aromatic heterocycles. The van der Waals surface area contributed by atoms with Gasteiger partial charge in [0.15, 0.2) is 11.5 Å². The number of nitrogens with two attached hydrogens (primary N) is 2. The van der Waals surface area contributed by atoms with Crippen molar-refractivity contribution in [1.29, 1.82) is 0 Å². The minimum atomic E-state index is -5.26. The van der Waals surface area contributed by atoms with E-state index in [9.17, 15) is 82.3 Å². The van der Waals surface area contributed by atoms with Crippen molar-refractivity contribution in [2.75, 3.05) is 11.5 Å². The monoisotopic (exact) mass is 1170 g/mol. The molecule has 0 bridgehead atoms. The molecular formula is C44H30N12NaO18S4+. The van der Waals surface area contributed by atoms with Crippen LogP contribution in [0.5, 0.6) is 11.5 Å². The van der Waals surface area contributed by atoms with Crippen molar-refractivity contribution in [3.63, 3.8) is 0 Å². The van der Waals surface area contributed by atoms with Crippen molar-refractivity contribution in [2.45, 2.75) is 19.6 Å². The molecule has 0 saturated heterocycles. The van der Waals surface area contributed by atoms with E-state index in [1.807, 2.05) is 0 Å². The van der Waals surface area contributed by atoms with E-state index in [0.29, 0.717) is 35.4 Å². The smallest absolute Gasteiger partial charge is 0.505 e. The fraction of sp³-hybridized carbons (Fsp3) is 0. The Hall–Kier alpha value is -8.68. The Morgan fingerprint density at radius 2 is 0.608 bits per heavy atom. The Labute approximate surface area is 464 Å². The molecule has 30 nitrogen and oxygen atoms in total. The van der Waals surface area contributed by atoms with E-state index in [0.717, 1.165) is 48.5 Å². The number of nitrogen functional groups attached to an aromatic ring is 2. The van der Waals surface area contributed by atoms with E-state index in [-0.39, 0.29) is 63.7 Å². The van der Waals surface area contributed by atoms with Crippen molar-refractivity contribution in [3.8, 4) is 22.6 Å². The van der Waals surface area contributed by atoms with E-state index in [1.54, 1.807) is 0 Å². The van der Waals surface area contributed by atoms with Gasteiger partial charge in [-0.05, 0) is 94.7 Å². The van der Waals surface area contributed by atoms with E-state index in [2.05, 4.69) is 40.9 Å². The Bertz CT molecular complexity index is 4170. The molecule has 0 radical (unpaired) electrons. The number of fused-ring (bicyclic) bond motifs is 2. The summed E-state index contributed by atoms with van der Waals surface area (Å²) in [6.45, 7) is 0. The van der Waals surface area contributed by atoms with Gasteiger partial charge >= 0.3 is 29.6 Å². The number of nitro groups is 2. The number of phenolic OH excluding ortho intramolecular Hbond substituents is 2. The van der Waals surface area contributed by atoms with E-state index in [1.165, 1.54) is 48.5 Å². The van der Waals surface area contributed by atoms with Crippen LogP contribution in [0.4, 0.5) is 68.2 Å². The summed E-state index contributed by atoms with van der Waals surface area (Å²) in [5.74, 6) is -2.08. The number of rotatable bonds is 15. The number of aromatic hydroxyl groups is 2. The third-order valence-electron chi connectivity index (χ3n) is 11.0. The van der Waals surface area contributed by atoms with Crippen LogP contribution in [0, 0.1) is 20.2 Å². The van der Waals surface area contributed by atoms with Gasteiger partial charge < -0.3 is 21.7 Å². The van der Waals surface area contributed by atoms with Crippen LogP contribution in [-0.4, -0.2) is 71.9 Å². The molecule has 0 atom stereocenters. The van der Waals surface area contributed by atoms with Crippen LogP contribution in [-0.2, 0) is 40.5 Å². The first-order valence-electron chi connectivity index (χ1n) is 21.0. The fourth-order valence-electron chi connectivity index (χ4n) is 7.36. The minimum absolute atomic E-state index is 0. The van der Waals surface area contributed by atoms with Crippen LogP contribution in [0.15, 0.2) is 182 Å². The fourth-order valence-corrected chi connectivity index (χ4v) is 10.0. The molecule has 0 aliphatic rings. The second kappa shape index (κ2) is 22.0. The molecule has 8 aromatic rings. The summed E-state index contributed by atoms with van der Waals surface area (Å²) in [5.41, 5.74) is 8.37. The zero-order chi connectivity index (χ0) is 56.8. The molecule has 35 heteroatoms. The largest absolute Gasteiger partial charge is 1.00 e. The Morgan fingerprint density at radius 3 is 0.848 bits per heavy atom. The third kappa shape index (κ3) is 12.4. The molecule has 8 rings (SSSR count). The Morgan fingerprint density at radius 1 is 0.380 bits per heavy atom. The summed E-state index contributed by atoms with van der Waals surface area (Å²) in [6, 6.07) is 23.4. The minimum Gasteiger partial charge on any atom is -0.505 e. The number of phenols is 2. The van der Waals surface area contributed by atoms with Gasteiger partial charge in [-0.15, -0.1) is 20.5 Å². The molecule has 0 aliphatic heterocycles. The average molecular weight is 1170 g/mol. The molecule has 0 amide bonds. The van der Waals surface area contributed by atoms with Gasteiger partial charge in [0.1, 0.15) is 42.3 Å². The third-order valence-corrected chi connectivity index (χ3v) is 14.5. The van der Waals surface area contributed by atoms with Crippen molar-refractivity contribution < 1.29 is 101 Å². The molecule has 0 heterocycles. The Balaban J connectivity index is 0.00000903. The van der Waals surface area contributed by atoms with Gasteiger partial charge in [0.2, 0.25) is 0 Å². The SMILES string of the molecule is Nc1c(N=Nc2ccc([N+](=O)[O-])cc2)c(S(=O)(=O)O)cc2cc(S(=O)(=O)O)c(N=Nc3ccc(-c4ccc(N=Nc5c(S(=O)(=O)O)cc6cc(S(=O)(=O)O)c(N=Nc7ccc([N+](=O)[O-])cc7)c(N)c6c5O)cc4)cc3)c(O)c12.[Na+]. The number of azo groups is 4. The van der Waals surface area contributed by atoms with Crippen LogP contribution in [0.3, 0.4) is 0 Å². The predicted molar refractivity (Wildman–Crippen MR) is 274 cm³/mol. The molecule has 0 saturated carbocycles. The van der Waals surface area contributed by atoms with E-state index >= 15 is 0 Å². The van der Waals surface area contributed by atoms with Gasteiger partial charge in [-0.2, -0.15) is 54.1 Å². The summed E-state index contributed by atoms with van der Waals surface area (Å²) >= 11 is 0. The molecule has 0 aliphatic carbocycles. The number of nitro benzene ring substituents is 2. The van der Waals surface area contributed by atoms with Crippen LogP contribution in [0.2, 0.25) is 0 Å².